The lowest BCUT2D eigenvalue weighted by molar-refractivity contribution is -0.130. The summed E-state index contributed by atoms with van der Waals surface area (Å²) in [5.74, 6) is -0.442. The van der Waals surface area contributed by atoms with E-state index in [-0.39, 0.29) is 17.7 Å². The molecule has 2 rings (SSSR count). The van der Waals surface area contributed by atoms with Crippen LogP contribution in [0.3, 0.4) is 0 Å². The highest BCUT2D eigenvalue weighted by molar-refractivity contribution is 6.21. The van der Waals surface area contributed by atoms with E-state index in [1.54, 1.807) is 24.1 Å². The monoisotopic (exact) mass is 316 g/mol. The number of unbranched alkanes of at least 4 members (excludes halogenated alkanes) is 1. The zero-order chi connectivity index (χ0) is 17.0. The first-order chi connectivity index (χ1) is 11.0. The minimum absolute atomic E-state index is 0.0610. The Morgan fingerprint density at radius 3 is 2.52 bits per heavy atom. The molecule has 0 bridgehead atoms. The number of nitrogens with zero attached hydrogens (tertiary/aromatic N) is 2. The summed E-state index contributed by atoms with van der Waals surface area (Å²) in [6.45, 7) is 5.02. The highest BCUT2D eigenvalue weighted by Crippen LogP contribution is 2.24. The third-order valence-electron chi connectivity index (χ3n) is 4.17. The minimum atomic E-state index is -0.253. The van der Waals surface area contributed by atoms with E-state index in [2.05, 4.69) is 6.92 Å². The molecule has 0 saturated carbocycles. The lowest BCUT2D eigenvalue weighted by atomic mass is 10.1. The normalized spacial score (nSPS) is 13.4. The fraction of sp³-hybridized carbons (Fsp3) is 0.500. The van der Waals surface area contributed by atoms with E-state index in [0.717, 1.165) is 24.9 Å². The average molecular weight is 316 g/mol. The molecule has 23 heavy (non-hydrogen) atoms. The van der Waals surface area contributed by atoms with Crippen LogP contribution in [0, 0.1) is 6.92 Å². The van der Waals surface area contributed by atoms with Crippen LogP contribution in [0.5, 0.6) is 0 Å². The summed E-state index contributed by atoms with van der Waals surface area (Å²) in [7, 11) is 1.79. The summed E-state index contributed by atoms with van der Waals surface area (Å²) in [5, 5.41) is 0. The van der Waals surface area contributed by atoms with Gasteiger partial charge < -0.3 is 4.90 Å². The third kappa shape index (κ3) is 3.78. The van der Waals surface area contributed by atoms with E-state index in [0.29, 0.717) is 30.5 Å². The topological polar surface area (TPSA) is 57.7 Å². The Bertz CT molecular complexity index is 625. The highest BCUT2D eigenvalue weighted by atomic mass is 16.2. The quantitative estimate of drug-likeness (QED) is 0.727. The maximum atomic E-state index is 12.3. The molecule has 0 unspecified atom stereocenters. The van der Waals surface area contributed by atoms with Gasteiger partial charge in [0.2, 0.25) is 5.91 Å². The number of rotatable bonds is 7. The van der Waals surface area contributed by atoms with Crippen LogP contribution in [0.2, 0.25) is 0 Å². The second kappa shape index (κ2) is 7.40. The van der Waals surface area contributed by atoms with Crippen LogP contribution in [0.1, 0.15) is 58.9 Å². The Balaban J connectivity index is 1.89. The van der Waals surface area contributed by atoms with Crippen LogP contribution in [-0.2, 0) is 4.79 Å². The second-order valence-corrected chi connectivity index (χ2v) is 6.08. The summed E-state index contributed by atoms with van der Waals surface area (Å²) in [6.07, 6.45) is 2.89. The van der Waals surface area contributed by atoms with Gasteiger partial charge in [-0.05, 0) is 31.9 Å². The van der Waals surface area contributed by atoms with Gasteiger partial charge in [-0.15, -0.1) is 0 Å². The molecular formula is C18H24N2O3. The summed E-state index contributed by atoms with van der Waals surface area (Å²) in [6, 6.07) is 5.29. The van der Waals surface area contributed by atoms with Crippen molar-refractivity contribution in [3.63, 3.8) is 0 Å². The van der Waals surface area contributed by atoms with Crippen molar-refractivity contribution in [2.24, 2.45) is 0 Å². The summed E-state index contributed by atoms with van der Waals surface area (Å²) in [4.78, 5) is 39.6. The number of benzene rings is 1. The molecule has 0 aromatic heterocycles. The lowest BCUT2D eigenvalue weighted by Gasteiger charge is -2.18. The standard InChI is InChI=1S/C18H24N2O3/c1-4-5-10-19(3)16(21)7-6-11-20-17(22)14-9-8-13(2)12-15(14)18(20)23/h8-9,12H,4-7,10-11H2,1-3H3. The Morgan fingerprint density at radius 1 is 1.13 bits per heavy atom. The number of hydrogen-bond acceptors (Lipinski definition) is 3. The molecule has 1 aromatic carbocycles. The highest BCUT2D eigenvalue weighted by Gasteiger charge is 2.34. The Labute approximate surface area is 137 Å². The zero-order valence-electron chi connectivity index (χ0n) is 14.1. The van der Waals surface area contributed by atoms with E-state index >= 15 is 0 Å². The van der Waals surface area contributed by atoms with Crippen LogP contribution in [0.25, 0.3) is 0 Å². The molecule has 3 amide bonds. The fourth-order valence-corrected chi connectivity index (χ4v) is 2.71. The van der Waals surface area contributed by atoms with Crippen molar-refractivity contribution in [1.29, 1.82) is 0 Å². The number of fused-ring (bicyclic) bond motifs is 1. The van der Waals surface area contributed by atoms with Crippen molar-refractivity contribution < 1.29 is 14.4 Å². The second-order valence-electron chi connectivity index (χ2n) is 6.08. The van der Waals surface area contributed by atoms with Crippen LogP contribution in [0.15, 0.2) is 18.2 Å². The Hall–Kier alpha value is -2.17. The largest absolute Gasteiger partial charge is 0.346 e. The van der Waals surface area contributed by atoms with Gasteiger partial charge in [-0.25, -0.2) is 0 Å². The maximum Gasteiger partial charge on any atom is 0.261 e. The number of amides is 3. The molecule has 1 heterocycles. The predicted octanol–water partition coefficient (Wildman–Crippen LogP) is 2.63. The molecule has 1 aliphatic heterocycles. The Kier molecular flexibility index (Phi) is 5.53. The van der Waals surface area contributed by atoms with Gasteiger partial charge in [0.05, 0.1) is 11.1 Å². The van der Waals surface area contributed by atoms with Gasteiger partial charge >= 0.3 is 0 Å². The van der Waals surface area contributed by atoms with Crippen LogP contribution in [0.4, 0.5) is 0 Å². The van der Waals surface area contributed by atoms with Gasteiger partial charge in [-0.2, -0.15) is 0 Å². The molecule has 0 radical (unpaired) electrons. The Morgan fingerprint density at radius 2 is 1.83 bits per heavy atom. The molecule has 1 aromatic rings. The van der Waals surface area contributed by atoms with Gasteiger partial charge in [-0.1, -0.05) is 25.0 Å². The molecule has 5 heteroatoms. The first-order valence-corrected chi connectivity index (χ1v) is 8.16. The smallest absolute Gasteiger partial charge is 0.261 e. The van der Waals surface area contributed by atoms with E-state index in [4.69, 9.17) is 0 Å². The van der Waals surface area contributed by atoms with Crippen molar-refractivity contribution in [1.82, 2.24) is 9.80 Å². The molecule has 1 aliphatic rings. The van der Waals surface area contributed by atoms with Crippen molar-refractivity contribution in [2.75, 3.05) is 20.1 Å². The average Bonchev–Trinajstić information content (AvgIpc) is 2.76. The SMILES string of the molecule is CCCCN(C)C(=O)CCCN1C(=O)c2ccc(C)cc2C1=O. The zero-order valence-corrected chi connectivity index (χ0v) is 14.1. The van der Waals surface area contributed by atoms with Gasteiger partial charge in [0.15, 0.2) is 0 Å². The molecular weight excluding hydrogens is 292 g/mol. The molecule has 5 nitrogen and oxygen atoms in total. The van der Waals surface area contributed by atoms with Gasteiger partial charge in [0.25, 0.3) is 11.8 Å². The molecule has 0 saturated heterocycles. The fourth-order valence-electron chi connectivity index (χ4n) is 2.71. The number of hydrogen-bond donors (Lipinski definition) is 0. The van der Waals surface area contributed by atoms with Crippen molar-refractivity contribution in [2.45, 2.75) is 39.5 Å². The van der Waals surface area contributed by atoms with Crippen molar-refractivity contribution in [3.05, 3.63) is 34.9 Å². The van der Waals surface area contributed by atoms with Crippen molar-refractivity contribution >= 4 is 17.7 Å². The van der Waals surface area contributed by atoms with Gasteiger partial charge in [-0.3, -0.25) is 19.3 Å². The van der Waals surface area contributed by atoms with E-state index in [1.807, 2.05) is 13.0 Å². The molecule has 0 N–H and O–H groups in total. The maximum absolute atomic E-state index is 12.3. The van der Waals surface area contributed by atoms with Gasteiger partial charge in [0, 0.05) is 26.6 Å². The van der Waals surface area contributed by atoms with E-state index in [9.17, 15) is 14.4 Å². The molecule has 0 atom stereocenters. The van der Waals surface area contributed by atoms with Crippen LogP contribution in [-0.4, -0.2) is 47.7 Å². The summed E-state index contributed by atoms with van der Waals surface area (Å²) in [5.41, 5.74) is 1.90. The van der Waals surface area contributed by atoms with Crippen LogP contribution >= 0.6 is 0 Å². The number of aryl methyl sites for hydroxylation is 1. The summed E-state index contributed by atoms with van der Waals surface area (Å²) >= 11 is 0. The number of imide groups is 1. The molecule has 124 valence electrons. The predicted molar refractivity (Wildman–Crippen MR) is 88.3 cm³/mol. The first kappa shape index (κ1) is 17.2. The minimum Gasteiger partial charge on any atom is -0.346 e. The number of carbonyl (C=O) groups is 3. The van der Waals surface area contributed by atoms with Gasteiger partial charge in [0.1, 0.15) is 0 Å². The first-order valence-electron chi connectivity index (χ1n) is 8.16. The third-order valence-corrected chi connectivity index (χ3v) is 4.17. The van der Waals surface area contributed by atoms with E-state index < -0.39 is 0 Å². The molecule has 0 spiro atoms. The molecule has 0 aliphatic carbocycles. The van der Waals surface area contributed by atoms with Crippen molar-refractivity contribution in [3.8, 4) is 0 Å². The van der Waals surface area contributed by atoms with Crippen LogP contribution < -0.4 is 0 Å². The van der Waals surface area contributed by atoms with E-state index in [1.165, 1.54) is 4.90 Å². The number of carbonyl (C=O) groups excluding carboxylic acids is 3. The molecule has 0 fully saturated rings. The summed E-state index contributed by atoms with van der Waals surface area (Å²) < 4.78 is 0. The lowest BCUT2D eigenvalue weighted by Crippen LogP contribution is -2.32.